The van der Waals surface area contributed by atoms with Crippen LogP contribution in [-0.2, 0) is 9.53 Å². The van der Waals surface area contributed by atoms with E-state index in [-0.39, 0.29) is 5.97 Å². The van der Waals surface area contributed by atoms with E-state index in [1.165, 1.54) is 45.8 Å². The van der Waals surface area contributed by atoms with E-state index in [2.05, 4.69) is 15.0 Å². The summed E-state index contributed by atoms with van der Waals surface area (Å²) in [4.78, 5) is 13.7. The van der Waals surface area contributed by atoms with Crippen molar-refractivity contribution >= 4 is 5.97 Å². The molecule has 0 aromatic heterocycles. The van der Waals surface area contributed by atoms with Gasteiger partial charge < -0.3 is 10.1 Å². The van der Waals surface area contributed by atoms with Gasteiger partial charge in [-0.3, -0.25) is 9.69 Å². The van der Waals surface area contributed by atoms with Gasteiger partial charge in [-0.05, 0) is 45.2 Å². The van der Waals surface area contributed by atoms with Gasteiger partial charge in [0, 0.05) is 25.0 Å². The molecule has 1 unspecified atom stereocenters. The fourth-order valence-corrected chi connectivity index (χ4v) is 2.75. The van der Waals surface area contributed by atoms with Gasteiger partial charge in [0.15, 0.2) is 0 Å². The lowest BCUT2D eigenvalue weighted by atomic mass is 10.0. The van der Waals surface area contributed by atoms with Gasteiger partial charge in [-0.2, -0.15) is 0 Å². The van der Waals surface area contributed by atoms with Gasteiger partial charge >= 0.3 is 5.97 Å². The minimum Gasteiger partial charge on any atom is -0.469 e. The molecule has 2 fully saturated rings. The summed E-state index contributed by atoms with van der Waals surface area (Å²) >= 11 is 0. The maximum Gasteiger partial charge on any atom is 0.305 e. The Morgan fingerprint density at radius 3 is 2.78 bits per heavy atom. The second-order valence-electron chi connectivity index (χ2n) is 5.55. The molecule has 2 rings (SSSR count). The fourth-order valence-electron chi connectivity index (χ4n) is 2.75. The van der Waals surface area contributed by atoms with Crippen molar-refractivity contribution < 1.29 is 9.53 Å². The molecule has 1 atom stereocenters. The summed E-state index contributed by atoms with van der Waals surface area (Å²) in [5, 5.41) is 3.61. The van der Waals surface area contributed by atoms with Crippen LogP contribution in [0.2, 0.25) is 0 Å². The van der Waals surface area contributed by atoms with Gasteiger partial charge in [-0.1, -0.05) is 6.42 Å². The minimum atomic E-state index is -0.0819. The van der Waals surface area contributed by atoms with Crippen LogP contribution >= 0.6 is 0 Å². The van der Waals surface area contributed by atoms with Crippen molar-refractivity contribution in [2.24, 2.45) is 0 Å². The molecular weight excluding hydrogens is 228 g/mol. The topological polar surface area (TPSA) is 41.6 Å². The third-order valence-electron chi connectivity index (χ3n) is 3.98. The average molecular weight is 254 g/mol. The summed E-state index contributed by atoms with van der Waals surface area (Å²) in [6, 6.07) is 1.45. The van der Waals surface area contributed by atoms with E-state index < -0.39 is 0 Å². The molecule has 0 bridgehead atoms. The smallest absolute Gasteiger partial charge is 0.305 e. The van der Waals surface area contributed by atoms with Crippen molar-refractivity contribution in [3.05, 3.63) is 0 Å². The monoisotopic (exact) mass is 254 g/mol. The number of hydrogen-bond donors (Lipinski definition) is 1. The van der Waals surface area contributed by atoms with Crippen LogP contribution in [0, 0.1) is 0 Å². The SMILES string of the molecule is COC(=O)CCCN(CC1CCCCN1)C1CC1. The molecule has 4 heteroatoms. The average Bonchev–Trinajstić information content (AvgIpc) is 3.23. The highest BCUT2D eigenvalue weighted by Crippen LogP contribution is 2.27. The Morgan fingerprint density at radius 1 is 1.33 bits per heavy atom. The number of carbonyl (C=O) groups is 1. The largest absolute Gasteiger partial charge is 0.469 e. The molecule has 1 aliphatic carbocycles. The summed E-state index contributed by atoms with van der Waals surface area (Å²) in [5.74, 6) is -0.0819. The molecule has 0 spiro atoms. The molecule has 0 radical (unpaired) electrons. The predicted octanol–water partition coefficient (Wildman–Crippen LogP) is 1.55. The van der Waals surface area contributed by atoms with E-state index in [1.54, 1.807) is 0 Å². The zero-order valence-electron chi connectivity index (χ0n) is 11.5. The molecule has 0 amide bonds. The number of methoxy groups -OCH3 is 1. The van der Waals surface area contributed by atoms with Gasteiger partial charge in [-0.25, -0.2) is 0 Å². The third-order valence-corrected chi connectivity index (χ3v) is 3.98. The molecule has 104 valence electrons. The predicted molar refractivity (Wildman–Crippen MR) is 71.5 cm³/mol. The second kappa shape index (κ2) is 7.10. The maximum atomic E-state index is 11.1. The Hall–Kier alpha value is -0.610. The van der Waals surface area contributed by atoms with E-state index in [4.69, 9.17) is 0 Å². The zero-order chi connectivity index (χ0) is 12.8. The standard InChI is InChI=1S/C14H26N2O2/c1-18-14(17)6-4-10-16(13-7-8-13)11-12-5-2-3-9-15-12/h12-13,15H,2-11H2,1H3. The number of piperidine rings is 1. The first kappa shape index (κ1) is 13.8. The lowest BCUT2D eigenvalue weighted by molar-refractivity contribution is -0.140. The molecular formula is C14H26N2O2. The van der Waals surface area contributed by atoms with Crippen LogP contribution in [-0.4, -0.2) is 49.7 Å². The molecule has 4 nitrogen and oxygen atoms in total. The number of rotatable bonds is 7. The minimum absolute atomic E-state index is 0.0819. The molecule has 0 aromatic rings. The van der Waals surface area contributed by atoms with E-state index in [0.29, 0.717) is 12.5 Å². The highest BCUT2D eigenvalue weighted by Gasteiger charge is 2.30. The quantitative estimate of drug-likeness (QED) is 0.700. The number of hydrogen-bond acceptors (Lipinski definition) is 4. The summed E-state index contributed by atoms with van der Waals surface area (Å²) in [6.45, 7) is 3.37. The molecule has 18 heavy (non-hydrogen) atoms. The molecule has 0 aromatic carbocycles. The fraction of sp³-hybridized carbons (Fsp3) is 0.929. The van der Waals surface area contributed by atoms with Crippen molar-refractivity contribution in [2.45, 2.75) is 57.0 Å². The molecule has 1 saturated heterocycles. The van der Waals surface area contributed by atoms with Gasteiger partial charge in [-0.15, -0.1) is 0 Å². The van der Waals surface area contributed by atoms with E-state index in [9.17, 15) is 4.79 Å². The highest BCUT2D eigenvalue weighted by atomic mass is 16.5. The van der Waals surface area contributed by atoms with Crippen LogP contribution in [0.1, 0.15) is 44.9 Å². The molecule has 2 aliphatic rings. The Kier molecular flexibility index (Phi) is 5.45. The number of esters is 1. The number of carbonyl (C=O) groups excluding carboxylic acids is 1. The highest BCUT2D eigenvalue weighted by molar-refractivity contribution is 5.69. The molecule has 1 aliphatic heterocycles. The Balaban J connectivity index is 1.68. The lowest BCUT2D eigenvalue weighted by Gasteiger charge is -2.30. The van der Waals surface area contributed by atoms with Crippen LogP contribution in [0.4, 0.5) is 0 Å². The van der Waals surface area contributed by atoms with Crippen LogP contribution in [0.25, 0.3) is 0 Å². The first-order chi connectivity index (χ1) is 8.79. The van der Waals surface area contributed by atoms with Gasteiger partial charge in [0.05, 0.1) is 7.11 Å². The number of nitrogens with zero attached hydrogens (tertiary/aromatic N) is 1. The zero-order valence-corrected chi connectivity index (χ0v) is 11.5. The Labute approximate surface area is 110 Å². The normalized spacial score (nSPS) is 24.2. The Morgan fingerprint density at radius 2 is 2.17 bits per heavy atom. The van der Waals surface area contributed by atoms with Crippen molar-refractivity contribution in [1.29, 1.82) is 0 Å². The number of nitrogens with one attached hydrogen (secondary N) is 1. The van der Waals surface area contributed by atoms with E-state index in [1.807, 2.05) is 0 Å². The van der Waals surface area contributed by atoms with E-state index >= 15 is 0 Å². The van der Waals surface area contributed by atoms with Crippen LogP contribution in [0.5, 0.6) is 0 Å². The molecule has 1 N–H and O–H groups in total. The van der Waals surface area contributed by atoms with Gasteiger partial charge in [0.25, 0.3) is 0 Å². The molecule has 1 saturated carbocycles. The maximum absolute atomic E-state index is 11.1. The van der Waals surface area contributed by atoms with E-state index in [0.717, 1.165) is 25.6 Å². The summed E-state index contributed by atoms with van der Waals surface area (Å²) < 4.78 is 4.69. The van der Waals surface area contributed by atoms with Gasteiger partial charge in [0.2, 0.25) is 0 Å². The first-order valence-electron chi connectivity index (χ1n) is 7.34. The van der Waals surface area contributed by atoms with Crippen molar-refractivity contribution in [3.8, 4) is 0 Å². The number of ether oxygens (including phenoxy) is 1. The van der Waals surface area contributed by atoms with Crippen molar-refractivity contribution in [2.75, 3.05) is 26.7 Å². The van der Waals surface area contributed by atoms with Crippen LogP contribution < -0.4 is 5.32 Å². The Bertz CT molecular complexity index is 261. The summed E-state index contributed by atoms with van der Waals surface area (Å²) in [5.41, 5.74) is 0. The van der Waals surface area contributed by atoms with Crippen molar-refractivity contribution in [1.82, 2.24) is 10.2 Å². The van der Waals surface area contributed by atoms with Crippen molar-refractivity contribution in [3.63, 3.8) is 0 Å². The van der Waals surface area contributed by atoms with Crippen LogP contribution in [0.15, 0.2) is 0 Å². The first-order valence-corrected chi connectivity index (χ1v) is 7.34. The van der Waals surface area contributed by atoms with Gasteiger partial charge in [0.1, 0.15) is 0 Å². The molecule has 1 heterocycles. The lowest BCUT2D eigenvalue weighted by Crippen LogP contribution is -2.44. The van der Waals surface area contributed by atoms with Crippen LogP contribution in [0.3, 0.4) is 0 Å². The summed E-state index contributed by atoms with van der Waals surface area (Å²) in [6.07, 6.45) is 8.14. The second-order valence-corrected chi connectivity index (χ2v) is 5.55. The summed E-state index contributed by atoms with van der Waals surface area (Å²) in [7, 11) is 1.47. The third kappa shape index (κ3) is 4.58.